The summed E-state index contributed by atoms with van der Waals surface area (Å²) < 4.78 is 29.6. The maximum Gasteiger partial charge on any atom is 0.167 e. The van der Waals surface area contributed by atoms with Gasteiger partial charge in [-0.2, -0.15) is 0 Å². The molecule has 4 N–H and O–H groups in total. The molecule has 22 heavy (non-hydrogen) atoms. The van der Waals surface area contributed by atoms with E-state index in [1.165, 1.54) is 17.2 Å². The van der Waals surface area contributed by atoms with Gasteiger partial charge in [-0.25, -0.2) is 23.4 Å². The predicted molar refractivity (Wildman–Crippen MR) is 75.4 cm³/mol. The average Bonchev–Trinajstić information content (AvgIpc) is 2.95. The third-order valence-corrected chi connectivity index (χ3v) is 4.40. The molecule has 0 saturated carbocycles. The van der Waals surface area contributed by atoms with Crippen molar-refractivity contribution in [1.29, 1.82) is 0 Å². The van der Waals surface area contributed by atoms with E-state index in [4.69, 9.17) is 10.5 Å². The van der Waals surface area contributed by atoms with Gasteiger partial charge in [0.1, 0.15) is 40.0 Å². The second-order valence-corrected chi connectivity index (χ2v) is 7.41. The highest BCUT2D eigenvalue weighted by atomic mass is 32.2. The van der Waals surface area contributed by atoms with E-state index >= 15 is 0 Å². The standard InChI is InChI=1S/C11H15N5O5S/c1-22(19,20)2-5-7(17)8(18)11(21-5)16-4-15-6-9(12)13-3-14-10(6)16/h3-5,7-8,11,17-18H,2H2,1H3,(H2,12,13,14)/t5-,7-,8-,11-/m1/s1. The molecule has 0 bridgehead atoms. The van der Waals surface area contributed by atoms with Gasteiger partial charge in [-0.1, -0.05) is 0 Å². The van der Waals surface area contributed by atoms with Crippen molar-refractivity contribution in [3.8, 4) is 0 Å². The molecule has 3 heterocycles. The second-order valence-electron chi connectivity index (χ2n) is 5.22. The fourth-order valence-electron chi connectivity index (χ4n) is 2.45. The zero-order valence-electron chi connectivity index (χ0n) is 11.6. The lowest BCUT2D eigenvalue weighted by atomic mass is 10.1. The van der Waals surface area contributed by atoms with Crippen LogP contribution in [0.1, 0.15) is 6.23 Å². The number of imidazole rings is 1. The van der Waals surface area contributed by atoms with E-state index in [9.17, 15) is 18.6 Å². The number of nitrogens with zero attached hydrogens (tertiary/aromatic N) is 4. The quantitative estimate of drug-likeness (QED) is 0.584. The van der Waals surface area contributed by atoms with Crippen molar-refractivity contribution < 1.29 is 23.4 Å². The lowest BCUT2D eigenvalue weighted by Gasteiger charge is -2.16. The van der Waals surface area contributed by atoms with Crippen molar-refractivity contribution in [2.45, 2.75) is 24.5 Å². The van der Waals surface area contributed by atoms with Crippen LogP contribution in [0, 0.1) is 0 Å². The topological polar surface area (TPSA) is 153 Å². The van der Waals surface area contributed by atoms with Crippen LogP contribution in [0.5, 0.6) is 0 Å². The third kappa shape index (κ3) is 2.52. The van der Waals surface area contributed by atoms with Crippen molar-refractivity contribution in [1.82, 2.24) is 19.5 Å². The monoisotopic (exact) mass is 329 g/mol. The molecule has 0 radical (unpaired) electrons. The Morgan fingerprint density at radius 2 is 2.05 bits per heavy atom. The van der Waals surface area contributed by atoms with Crippen LogP contribution in [0.25, 0.3) is 11.2 Å². The first-order valence-corrected chi connectivity index (χ1v) is 8.46. The third-order valence-electron chi connectivity index (χ3n) is 3.47. The number of hydrogen-bond acceptors (Lipinski definition) is 9. The highest BCUT2D eigenvalue weighted by molar-refractivity contribution is 7.90. The van der Waals surface area contributed by atoms with Crippen LogP contribution in [0.4, 0.5) is 5.82 Å². The summed E-state index contributed by atoms with van der Waals surface area (Å²) in [4.78, 5) is 11.9. The van der Waals surface area contributed by atoms with E-state index in [0.717, 1.165) is 6.26 Å². The molecule has 4 atom stereocenters. The zero-order chi connectivity index (χ0) is 16.1. The number of anilines is 1. The van der Waals surface area contributed by atoms with Crippen LogP contribution >= 0.6 is 0 Å². The Morgan fingerprint density at radius 3 is 2.73 bits per heavy atom. The molecule has 0 aromatic carbocycles. The number of ether oxygens (including phenoxy) is 1. The van der Waals surface area contributed by atoms with Crippen LogP contribution < -0.4 is 5.73 Å². The number of nitrogen functional groups attached to an aromatic ring is 1. The molecule has 10 nitrogen and oxygen atoms in total. The number of rotatable bonds is 3. The largest absolute Gasteiger partial charge is 0.387 e. The summed E-state index contributed by atoms with van der Waals surface area (Å²) in [5.41, 5.74) is 6.34. The molecule has 1 fully saturated rings. The van der Waals surface area contributed by atoms with Gasteiger partial charge in [0.2, 0.25) is 0 Å². The first-order valence-electron chi connectivity index (χ1n) is 6.40. The molecule has 2 aromatic rings. The minimum Gasteiger partial charge on any atom is -0.387 e. The molecular weight excluding hydrogens is 314 g/mol. The molecule has 1 aliphatic heterocycles. The molecule has 120 valence electrons. The first-order chi connectivity index (χ1) is 10.3. The van der Waals surface area contributed by atoms with Crippen LogP contribution in [0.15, 0.2) is 12.7 Å². The smallest absolute Gasteiger partial charge is 0.167 e. The van der Waals surface area contributed by atoms with Gasteiger partial charge in [0.15, 0.2) is 17.7 Å². The molecule has 0 amide bonds. The van der Waals surface area contributed by atoms with Gasteiger partial charge in [-0.3, -0.25) is 4.57 Å². The SMILES string of the molecule is CS(=O)(=O)C[C@H]1O[C@@H](n2cnc3c(N)ncnc32)[C@H](O)[C@@H]1O. The number of aromatic nitrogens is 4. The van der Waals surface area contributed by atoms with Crippen molar-refractivity contribution in [2.75, 3.05) is 17.7 Å². The Bertz CT molecular complexity index is 806. The number of nitrogens with two attached hydrogens (primary N) is 1. The average molecular weight is 329 g/mol. The predicted octanol–water partition coefficient (Wildman–Crippen LogP) is -1.93. The Balaban J connectivity index is 1.96. The van der Waals surface area contributed by atoms with Crippen molar-refractivity contribution in [2.24, 2.45) is 0 Å². The number of hydrogen-bond donors (Lipinski definition) is 3. The fourth-order valence-corrected chi connectivity index (χ4v) is 3.32. The summed E-state index contributed by atoms with van der Waals surface area (Å²) >= 11 is 0. The van der Waals surface area contributed by atoms with Crippen LogP contribution in [-0.4, -0.2) is 68.5 Å². The molecule has 11 heteroatoms. The highest BCUT2D eigenvalue weighted by Gasteiger charge is 2.45. The van der Waals surface area contributed by atoms with E-state index in [-0.39, 0.29) is 5.82 Å². The lowest BCUT2D eigenvalue weighted by molar-refractivity contribution is -0.0291. The Morgan fingerprint density at radius 1 is 1.32 bits per heavy atom. The van der Waals surface area contributed by atoms with Gasteiger partial charge >= 0.3 is 0 Å². The van der Waals surface area contributed by atoms with Crippen molar-refractivity contribution in [3.63, 3.8) is 0 Å². The molecule has 3 rings (SSSR count). The molecular formula is C11H15N5O5S. The van der Waals surface area contributed by atoms with Crippen molar-refractivity contribution in [3.05, 3.63) is 12.7 Å². The van der Waals surface area contributed by atoms with E-state index in [1.54, 1.807) is 0 Å². The number of fused-ring (bicyclic) bond motifs is 1. The van der Waals surface area contributed by atoms with Gasteiger partial charge in [-0.15, -0.1) is 0 Å². The second kappa shape index (κ2) is 5.12. The summed E-state index contributed by atoms with van der Waals surface area (Å²) in [6.07, 6.45) is -1.09. The molecule has 0 spiro atoms. The number of aliphatic hydroxyl groups excluding tert-OH is 2. The maximum absolute atomic E-state index is 11.4. The minimum absolute atomic E-state index is 0.171. The highest BCUT2D eigenvalue weighted by Crippen LogP contribution is 2.32. The van der Waals surface area contributed by atoms with Crippen LogP contribution in [0.3, 0.4) is 0 Å². The Hall–Kier alpha value is -1.82. The summed E-state index contributed by atoms with van der Waals surface area (Å²) in [7, 11) is -3.37. The number of sulfone groups is 1. The Labute approximate surface area is 125 Å². The summed E-state index contributed by atoms with van der Waals surface area (Å²) in [6, 6.07) is 0. The molecule has 0 aliphatic carbocycles. The normalized spacial score (nSPS) is 29.2. The molecule has 1 aliphatic rings. The number of aliphatic hydroxyl groups is 2. The van der Waals surface area contributed by atoms with E-state index in [1.807, 2.05) is 0 Å². The van der Waals surface area contributed by atoms with Gasteiger partial charge < -0.3 is 20.7 Å². The van der Waals surface area contributed by atoms with E-state index < -0.39 is 40.1 Å². The Kier molecular flexibility index (Phi) is 3.51. The van der Waals surface area contributed by atoms with Crippen LogP contribution in [-0.2, 0) is 14.6 Å². The lowest BCUT2D eigenvalue weighted by Crippen LogP contribution is -2.35. The summed E-state index contributed by atoms with van der Waals surface area (Å²) in [6.45, 7) is 0. The first kappa shape index (κ1) is 15.1. The van der Waals surface area contributed by atoms with Crippen molar-refractivity contribution >= 4 is 26.8 Å². The van der Waals surface area contributed by atoms with E-state index in [0.29, 0.717) is 11.2 Å². The summed E-state index contributed by atoms with van der Waals surface area (Å²) in [5, 5.41) is 20.1. The fraction of sp³-hybridized carbons (Fsp3) is 0.545. The molecule has 0 unspecified atom stereocenters. The maximum atomic E-state index is 11.4. The summed E-state index contributed by atoms with van der Waals surface area (Å²) in [5.74, 6) is -0.227. The van der Waals surface area contributed by atoms with Gasteiger partial charge in [0.25, 0.3) is 0 Å². The van der Waals surface area contributed by atoms with Crippen LogP contribution in [0.2, 0.25) is 0 Å². The van der Waals surface area contributed by atoms with Gasteiger partial charge in [0, 0.05) is 6.26 Å². The zero-order valence-corrected chi connectivity index (χ0v) is 12.4. The van der Waals surface area contributed by atoms with Gasteiger partial charge in [-0.05, 0) is 0 Å². The minimum atomic E-state index is -3.37. The molecule has 1 saturated heterocycles. The van der Waals surface area contributed by atoms with E-state index in [2.05, 4.69) is 15.0 Å². The molecule has 2 aromatic heterocycles. The van der Waals surface area contributed by atoms with Gasteiger partial charge in [0.05, 0.1) is 12.1 Å².